The van der Waals surface area contributed by atoms with E-state index in [0.29, 0.717) is 37.1 Å². The van der Waals surface area contributed by atoms with Crippen LogP contribution in [0.1, 0.15) is 44.6 Å². The molecule has 0 bridgehead atoms. The number of aromatic nitrogens is 2. The van der Waals surface area contributed by atoms with E-state index in [1.165, 1.54) is 10.8 Å². The fourth-order valence-corrected chi connectivity index (χ4v) is 4.19. The van der Waals surface area contributed by atoms with E-state index < -0.39 is 0 Å². The normalized spacial score (nSPS) is 10.5. The van der Waals surface area contributed by atoms with Gasteiger partial charge in [0.1, 0.15) is 11.7 Å². The average molecular weight is 532 g/mol. The summed E-state index contributed by atoms with van der Waals surface area (Å²) in [5, 5.41) is 21.3. The number of benzene rings is 4. The van der Waals surface area contributed by atoms with E-state index in [2.05, 4.69) is 35.4 Å². The predicted octanol–water partition coefficient (Wildman–Crippen LogP) is 4.61. The quantitative estimate of drug-likeness (QED) is 0.106. The van der Waals surface area contributed by atoms with Gasteiger partial charge in [-0.15, -0.1) is 0 Å². The topological polar surface area (TPSA) is 161 Å². The third-order valence-electron chi connectivity index (χ3n) is 6.52. The molecule has 4 aromatic carbocycles. The zero-order valence-corrected chi connectivity index (χ0v) is 22.2. The van der Waals surface area contributed by atoms with Crippen molar-refractivity contribution in [1.29, 1.82) is 10.8 Å². The van der Waals surface area contributed by atoms with Crippen molar-refractivity contribution in [2.45, 2.75) is 25.9 Å². The molecule has 0 aliphatic rings. The van der Waals surface area contributed by atoms with Crippen molar-refractivity contribution < 1.29 is 4.79 Å². The highest BCUT2D eigenvalue weighted by atomic mass is 16.1. The Morgan fingerprint density at radius 3 is 1.90 bits per heavy atom. The lowest BCUT2D eigenvalue weighted by Crippen LogP contribution is -2.10. The number of nitrogen functional groups attached to an aromatic ring is 2. The highest BCUT2D eigenvalue weighted by molar-refractivity contribution is 5.96. The number of carbonyl (C=O) groups is 1. The number of rotatable bonds is 9. The molecule has 0 spiro atoms. The summed E-state index contributed by atoms with van der Waals surface area (Å²) < 4.78 is 1.80. The van der Waals surface area contributed by atoms with Gasteiger partial charge in [0.2, 0.25) is 0 Å². The first-order valence-corrected chi connectivity index (χ1v) is 12.9. The fraction of sp³-hybridized carbons (Fsp3) is 0.125. The van der Waals surface area contributed by atoms with Crippen LogP contribution in [0.2, 0.25) is 0 Å². The predicted molar refractivity (Wildman–Crippen MR) is 161 cm³/mol. The number of carbonyl (C=O) groups excluding carboxylic acids is 1. The number of hydrogen-bond acceptors (Lipinski definition) is 5. The van der Waals surface area contributed by atoms with Gasteiger partial charge in [-0.3, -0.25) is 20.3 Å². The molecule has 5 aromatic rings. The van der Waals surface area contributed by atoms with Gasteiger partial charge < -0.3 is 17.2 Å². The van der Waals surface area contributed by atoms with Gasteiger partial charge in [-0.2, -0.15) is 5.10 Å². The number of amidine groups is 2. The number of hydrogen-bond donors (Lipinski definition) is 5. The van der Waals surface area contributed by atoms with Crippen LogP contribution >= 0.6 is 0 Å². The number of nitrogens with two attached hydrogens (primary N) is 3. The maximum absolute atomic E-state index is 12.5. The van der Waals surface area contributed by atoms with E-state index in [-0.39, 0.29) is 17.5 Å². The number of nitrogens with one attached hydrogen (secondary N) is 2. The second kappa shape index (κ2) is 13.1. The molecule has 0 aliphatic heterocycles. The highest BCUT2D eigenvalue weighted by Gasteiger charge is 2.10. The molecule has 8 nitrogen and oxygen atoms in total. The number of Topliss-reactive ketones (excluding diaryl/α,β-unsaturated/α-hetero) is 1. The lowest BCUT2D eigenvalue weighted by Gasteiger charge is -2.04. The van der Waals surface area contributed by atoms with Crippen molar-refractivity contribution >= 4 is 28.2 Å². The van der Waals surface area contributed by atoms with Crippen LogP contribution < -0.4 is 17.2 Å². The molecule has 0 saturated carbocycles. The largest absolute Gasteiger partial charge is 0.384 e. The van der Waals surface area contributed by atoms with Gasteiger partial charge in [0, 0.05) is 30.3 Å². The van der Waals surface area contributed by atoms with Crippen LogP contribution in [-0.4, -0.2) is 27.2 Å². The summed E-state index contributed by atoms with van der Waals surface area (Å²) >= 11 is 0. The Morgan fingerprint density at radius 2 is 1.30 bits per heavy atom. The minimum atomic E-state index is 0.0476. The Balaban J connectivity index is 0.000000283. The van der Waals surface area contributed by atoms with Crippen LogP contribution in [0.25, 0.3) is 10.8 Å². The first-order chi connectivity index (χ1) is 19.3. The maximum atomic E-state index is 12.5. The summed E-state index contributed by atoms with van der Waals surface area (Å²) in [4.78, 5) is 12.5. The molecule has 8 N–H and O–H groups in total. The number of aryl methyl sites for hydroxylation is 1. The molecule has 0 amide bonds. The number of ketones is 1. The molecule has 5 rings (SSSR count). The summed E-state index contributed by atoms with van der Waals surface area (Å²) in [5.74, 6) is 0.213. The Labute approximate surface area is 233 Å². The standard InChI is InChI=1S/C24H22N4O.C8H11N3/c25-24(26)20-10-5-17(6-11-20)8-12-23(29)22-14-27-28(16-22)15-18-7-9-19-3-1-2-4-21(19)13-18;9-5-6-1-3-7(4-2-6)8(10)11/h1-7,9-11,13-14,16H,8,12,15H2,(H3,25,26);1-4H,5,9H2,(H3,10,11). The van der Waals surface area contributed by atoms with Crippen molar-refractivity contribution in [2.75, 3.05) is 0 Å². The molecule has 202 valence electrons. The van der Waals surface area contributed by atoms with Crippen molar-refractivity contribution in [1.82, 2.24) is 9.78 Å². The molecule has 40 heavy (non-hydrogen) atoms. The second-order valence-corrected chi connectivity index (χ2v) is 9.46. The zero-order chi connectivity index (χ0) is 28.5. The van der Waals surface area contributed by atoms with Crippen LogP contribution in [0.4, 0.5) is 0 Å². The fourth-order valence-electron chi connectivity index (χ4n) is 4.19. The van der Waals surface area contributed by atoms with Crippen LogP contribution in [0.3, 0.4) is 0 Å². The van der Waals surface area contributed by atoms with E-state index in [1.54, 1.807) is 23.0 Å². The third-order valence-corrected chi connectivity index (χ3v) is 6.52. The van der Waals surface area contributed by atoms with E-state index in [4.69, 9.17) is 28.0 Å². The van der Waals surface area contributed by atoms with Gasteiger partial charge in [-0.1, -0.05) is 84.9 Å². The van der Waals surface area contributed by atoms with Gasteiger partial charge in [0.25, 0.3) is 0 Å². The molecule has 0 fully saturated rings. The average Bonchev–Trinajstić information content (AvgIpc) is 3.45. The molecule has 1 aromatic heterocycles. The van der Waals surface area contributed by atoms with Crippen LogP contribution in [0.15, 0.2) is 103 Å². The van der Waals surface area contributed by atoms with E-state index in [9.17, 15) is 4.79 Å². The summed E-state index contributed by atoms with van der Waals surface area (Å²) in [6, 6.07) is 29.4. The molecule has 0 unspecified atom stereocenters. The van der Waals surface area contributed by atoms with Gasteiger partial charge in [0.05, 0.1) is 18.3 Å². The van der Waals surface area contributed by atoms with Crippen LogP contribution in [0.5, 0.6) is 0 Å². The van der Waals surface area contributed by atoms with E-state index in [1.807, 2.05) is 54.7 Å². The van der Waals surface area contributed by atoms with E-state index in [0.717, 1.165) is 22.3 Å². The number of fused-ring (bicyclic) bond motifs is 1. The summed E-state index contributed by atoms with van der Waals surface area (Å²) in [5.41, 5.74) is 21.4. The van der Waals surface area contributed by atoms with Crippen LogP contribution in [0, 0.1) is 10.8 Å². The van der Waals surface area contributed by atoms with Gasteiger partial charge in [-0.05, 0) is 39.9 Å². The highest BCUT2D eigenvalue weighted by Crippen LogP contribution is 2.17. The first kappa shape index (κ1) is 27.9. The van der Waals surface area contributed by atoms with Gasteiger partial charge in [-0.25, -0.2) is 0 Å². The van der Waals surface area contributed by atoms with Crippen LogP contribution in [-0.2, 0) is 19.5 Å². The minimum absolute atomic E-state index is 0.0476. The number of nitrogens with zero attached hydrogens (tertiary/aromatic N) is 2. The SMILES string of the molecule is N=C(N)c1ccc(CCC(=O)c2cnn(Cc3ccc4ccccc4c3)c2)cc1.N=C(N)c1ccc(CN)cc1. The second-order valence-electron chi connectivity index (χ2n) is 9.46. The molecule has 0 atom stereocenters. The lowest BCUT2D eigenvalue weighted by atomic mass is 10.0. The van der Waals surface area contributed by atoms with Crippen molar-refractivity contribution in [3.8, 4) is 0 Å². The zero-order valence-electron chi connectivity index (χ0n) is 22.2. The van der Waals surface area contributed by atoms with Crippen molar-refractivity contribution in [2.24, 2.45) is 17.2 Å². The molecular weight excluding hydrogens is 498 g/mol. The molecule has 0 aliphatic carbocycles. The smallest absolute Gasteiger partial charge is 0.166 e. The minimum Gasteiger partial charge on any atom is -0.384 e. The molecule has 0 saturated heterocycles. The third kappa shape index (κ3) is 7.49. The summed E-state index contributed by atoms with van der Waals surface area (Å²) in [7, 11) is 0. The summed E-state index contributed by atoms with van der Waals surface area (Å²) in [6.07, 6.45) is 4.52. The molecule has 8 heteroatoms. The molecule has 1 heterocycles. The Kier molecular flexibility index (Phi) is 9.17. The van der Waals surface area contributed by atoms with Crippen molar-refractivity contribution in [3.63, 3.8) is 0 Å². The van der Waals surface area contributed by atoms with Crippen molar-refractivity contribution in [3.05, 3.63) is 137 Å². The Hall–Kier alpha value is -5.08. The lowest BCUT2D eigenvalue weighted by molar-refractivity contribution is 0.0982. The summed E-state index contributed by atoms with van der Waals surface area (Å²) in [6.45, 7) is 1.16. The van der Waals surface area contributed by atoms with Gasteiger partial charge in [0.15, 0.2) is 5.78 Å². The van der Waals surface area contributed by atoms with E-state index >= 15 is 0 Å². The molecular formula is C32H33N7O. The van der Waals surface area contributed by atoms with Gasteiger partial charge >= 0.3 is 0 Å². The first-order valence-electron chi connectivity index (χ1n) is 12.9. The Bertz CT molecular complexity index is 1620. The Morgan fingerprint density at radius 1 is 0.725 bits per heavy atom. The molecule has 0 radical (unpaired) electrons. The maximum Gasteiger partial charge on any atom is 0.166 e. The monoisotopic (exact) mass is 531 g/mol.